The van der Waals surface area contributed by atoms with Crippen molar-refractivity contribution in [3.05, 3.63) is 23.8 Å². The predicted octanol–water partition coefficient (Wildman–Crippen LogP) is 4.84. The molecule has 0 aliphatic heterocycles. The standard InChI is InChI=1S/C17H28O2/c1-15(2,3)11-17(7,16(4,5)6)14-12(18)9-8-10-13(14)19/h8-10,18-19H,11H2,1-7H3. The Morgan fingerprint density at radius 1 is 0.842 bits per heavy atom. The third kappa shape index (κ3) is 3.23. The summed E-state index contributed by atoms with van der Waals surface area (Å²) in [4.78, 5) is 0. The Bertz CT molecular complexity index is 429. The normalized spacial score (nSPS) is 16.2. The predicted molar refractivity (Wildman–Crippen MR) is 80.7 cm³/mol. The lowest BCUT2D eigenvalue weighted by molar-refractivity contribution is 0.128. The maximum atomic E-state index is 10.2. The third-order valence-electron chi connectivity index (χ3n) is 4.11. The number of hydrogen-bond donors (Lipinski definition) is 2. The Labute approximate surface area is 117 Å². The van der Waals surface area contributed by atoms with E-state index in [1.165, 1.54) is 0 Å². The van der Waals surface area contributed by atoms with Gasteiger partial charge >= 0.3 is 0 Å². The van der Waals surface area contributed by atoms with Gasteiger partial charge in [-0.2, -0.15) is 0 Å². The zero-order valence-corrected chi connectivity index (χ0v) is 13.3. The number of phenols is 2. The zero-order chi connectivity index (χ0) is 15.1. The van der Waals surface area contributed by atoms with Crippen LogP contribution < -0.4 is 0 Å². The Balaban J connectivity index is 3.50. The van der Waals surface area contributed by atoms with E-state index < -0.39 is 0 Å². The summed E-state index contributed by atoms with van der Waals surface area (Å²) in [5, 5.41) is 20.5. The van der Waals surface area contributed by atoms with E-state index in [0.717, 1.165) is 6.42 Å². The fourth-order valence-electron chi connectivity index (χ4n) is 2.88. The van der Waals surface area contributed by atoms with Crippen LogP contribution in [0.1, 0.15) is 60.5 Å². The molecule has 0 bridgehead atoms. The molecule has 108 valence electrons. The molecule has 0 aliphatic rings. The lowest BCUT2D eigenvalue weighted by atomic mass is 9.58. The smallest absolute Gasteiger partial charge is 0.123 e. The van der Waals surface area contributed by atoms with Gasteiger partial charge in [-0.25, -0.2) is 0 Å². The van der Waals surface area contributed by atoms with Gasteiger partial charge in [0.05, 0.1) is 0 Å². The first-order valence-electron chi connectivity index (χ1n) is 6.90. The maximum absolute atomic E-state index is 10.2. The molecule has 0 fully saturated rings. The van der Waals surface area contributed by atoms with E-state index in [1.807, 2.05) is 0 Å². The summed E-state index contributed by atoms with van der Waals surface area (Å²) in [6, 6.07) is 4.98. The summed E-state index contributed by atoms with van der Waals surface area (Å²) in [5.41, 5.74) is 0.394. The van der Waals surface area contributed by atoms with Gasteiger partial charge in [-0.15, -0.1) is 0 Å². The number of rotatable bonds is 2. The Kier molecular flexibility index (Phi) is 3.96. The van der Waals surface area contributed by atoms with Crippen molar-refractivity contribution < 1.29 is 10.2 Å². The summed E-state index contributed by atoms with van der Waals surface area (Å²) < 4.78 is 0. The van der Waals surface area contributed by atoms with Crippen LogP contribution in [0.15, 0.2) is 18.2 Å². The van der Waals surface area contributed by atoms with Crippen molar-refractivity contribution in [1.82, 2.24) is 0 Å². The van der Waals surface area contributed by atoms with Gasteiger partial charge in [-0.3, -0.25) is 0 Å². The van der Waals surface area contributed by atoms with Crippen molar-refractivity contribution in [2.24, 2.45) is 10.8 Å². The summed E-state index contributed by atoms with van der Waals surface area (Å²) in [5.74, 6) is 0.364. The second-order valence-corrected chi connectivity index (χ2v) is 7.99. The van der Waals surface area contributed by atoms with Gasteiger partial charge in [-0.1, -0.05) is 54.5 Å². The zero-order valence-electron chi connectivity index (χ0n) is 13.3. The van der Waals surface area contributed by atoms with Crippen molar-refractivity contribution in [1.29, 1.82) is 0 Å². The largest absolute Gasteiger partial charge is 0.508 e. The van der Waals surface area contributed by atoms with E-state index in [-0.39, 0.29) is 27.7 Å². The quantitative estimate of drug-likeness (QED) is 0.802. The van der Waals surface area contributed by atoms with Crippen LogP contribution in [0.5, 0.6) is 11.5 Å². The maximum Gasteiger partial charge on any atom is 0.123 e. The molecule has 0 radical (unpaired) electrons. The number of benzene rings is 1. The third-order valence-corrected chi connectivity index (χ3v) is 4.11. The highest BCUT2D eigenvalue weighted by molar-refractivity contribution is 5.49. The molecule has 1 aromatic rings. The van der Waals surface area contributed by atoms with Crippen molar-refractivity contribution in [3.8, 4) is 11.5 Å². The summed E-state index contributed by atoms with van der Waals surface area (Å²) in [7, 11) is 0. The molecule has 1 atom stereocenters. The van der Waals surface area contributed by atoms with Gasteiger partial charge in [0.2, 0.25) is 0 Å². The van der Waals surface area contributed by atoms with Crippen molar-refractivity contribution >= 4 is 0 Å². The highest BCUT2D eigenvalue weighted by Crippen LogP contribution is 2.53. The van der Waals surface area contributed by atoms with Gasteiger partial charge in [0.15, 0.2) is 0 Å². The Morgan fingerprint density at radius 3 is 1.58 bits per heavy atom. The molecular weight excluding hydrogens is 236 g/mol. The minimum absolute atomic E-state index is 0.0728. The van der Waals surface area contributed by atoms with Gasteiger partial charge in [0.25, 0.3) is 0 Å². The fourth-order valence-corrected chi connectivity index (χ4v) is 2.88. The Hall–Kier alpha value is -1.18. The molecule has 0 amide bonds. The molecule has 2 nitrogen and oxygen atoms in total. The SMILES string of the molecule is CC(C)(C)CC(C)(c1c(O)cccc1O)C(C)(C)C. The summed E-state index contributed by atoms with van der Waals surface area (Å²) in [6.07, 6.45) is 0.884. The average Bonchev–Trinajstić information content (AvgIpc) is 2.12. The first kappa shape index (κ1) is 15.9. The molecule has 0 aromatic heterocycles. The van der Waals surface area contributed by atoms with Crippen LogP contribution in [-0.4, -0.2) is 10.2 Å². The van der Waals surface area contributed by atoms with Crippen LogP contribution in [0.2, 0.25) is 0 Å². The molecule has 0 saturated heterocycles. The van der Waals surface area contributed by atoms with Crippen LogP contribution in [0.25, 0.3) is 0 Å². The number of phenolic OH excluding ortho intramolecular Hbond substituents is 2. The minimum atomic E-state index is -0.305. The summed E-state index contributed by atoms with van der Waals surface area (Å²) >= 11 is 0. The molecular formula is C17H28O2. The second-order valence-electron chi connectivity index (χ2n) is 7.99. The highest BCUT2D eigenvalue weighted by atomic mass is 16.3. The van der Waals surface area contributed by atoms with E-state index in [1.54, 1.807) is 18.2 Å². The van der Waals surface area contributed by atoms with Crippen LogP contribution >= 0.6 is 0 Å². The fraction of sp³-hybridized carbons (Fsp3) is 0.647. The first-order chi connectivity index (χ1) is 8.38. The van der Waals surface area contributed by atoms with Gasteiger partial charge < -0.3 is 10.2 Å². The van der Waals surface area contributed by atoms with E-state index in [9.17, 15) is 10.2 Å². The molecule has 1 aromatic carbocycles. The first-order valence-corrected chi connectivity index (χ1v) is 6.90. The van der Waals surface area contributed by atoms with Crippen LogP contribution in [0.4, 0.5) is 0 Å². The van der Waals surface area contributed by atoms with Gasteiger partial charge in [-0.05, 0) is 29.4 Å². The van der Waals surface area contributed by atoms with E-state index in [4.69, 9.17) is 0 Å². The van der Waals surface area contributed by atoms with Crippen molar-refractivity contribution in [2.75, 3.05) is 0 Å². The molecule has 1 rings (SSSR count). The van der Waals surface area contributed by atoms with E-state index >= 15 is 0 Å². The van der Waals surface area contributed by atoms with Gasteiger partial charge in [0.1, 0.15) is 11.5 Å². The molecule has 2 N–H and O–H groups in total. The number of aromatic hydroxyl groups is 2. The minimum Gasteiger partial charge on any atom is -0.508 e. The van der Waals surface area contributed by atoms with Crippen molar-refractivity contribution in [3.63, 3.8) is 0 Å². The monoisotopic (exact) mass is 264 g/mol. The van der Waals surface area contributed by atoms with Crippen LogP contribution in [-0.2, 0) is 5.41 Å². The van der Waals surface area contributed by atoms with Crippen LogP contribution in [0.3, 0.4) is 0 Å². The molecule has 0 heterocycles. The molecule has 19 heavy (non-hydrogen) atoms. The molecule has 0 aliphatic carbocycles. The topological polar surface area (TPSA) is 40.5 Å². The lowest BCUT2D eigenvalue weighted by Gasteiger charge is -2.46. The van der Waals surface area contributed by atoms with Crippen molar-refractivity contribution in [2.45, 2.75) is 60.3 Å². The van der Waals surface area contributed by atoms with Crippen LogP contribution in [0, 0.1) is 10.8 Å². The summed E-state index contributed by atoms with van der Waals surface area (Å²) in [6.45, 7) is 15.2. The molecule has 0 saturated carbocycles. The van der Waals surface area contributed by atoms with E-state index in [2.05, 4.69) is 48.5 Å². The lowest BCUT2D eigenvalue weighted by Crippen LogP contribution is -2.40. The van der Waals surface area contributed by atoms with E-state index in [0.29, 0.717) is 5.56 Å². The molecule has 2 heteroatoms. The molecule has 0 spiro atoms. The Morgan fingerprint density at radius 2 is 1.26 bits per heavy atom. The highest BCUT2D eigenvalue weighted by Gasteiger charge is 2.44. The van der Waals surface area contributed by atoms with Gasteiger partial charge in [0, 0.05) is 11.0 Å². The number of hydrogen-bond acceptors (Lipinski definition) is 2. The molecule has 1 unspecified atom stereocenters. The average molecular weight is 264 g/mol. The second kappa shape index (κ2) is 4.73.